The standard InChI is InChI=1S/C41H40N2O6S/c1-27-36(26-50-37-14-8-7-13-35(37)39(45)46)48-40(49-38(27)31-17-15-29(25-44)16-18-31)32-21-19-30(20-22-32)34-12-6-5-11-33(34)24-43-41(47)42-23-28-9-3-2-4-10-28/h2-22,27,36,38,40,44H,23-26H2,1H3,(H,45,46)(H2,42,43,47)/t27-,36+,38+,40+/m1/s1. The van der Waals surface area contributed by atoms with Crippen LogP contribution in [0.3, 0.4) is 0 Å². The van der Waals surface area contributed by atoms with Gasteiger partial charge in [-0.1, -0.05) is 122 Å². The first-order valence-electron chi connectivity index (χ1n) is 16.6. The summed E-state index contributed by atoms with van der Waals surface area (Å²) in [7, 11) is 0. The molecular formula is C41H40N2O6S. The molecule has 4 atom stereocenters. The van der Waals surface area contributed by atoms with E-state index in [2.05, 4.69) is 17.6 Å². The second kappa shape index (κ2) is 16.7. The van der Waals surface area contributed by atoms with E-state index in [1.165, 1.54) is 11.8 Å². The second-order valence-electron chi connectivity index (χ2n) is 12.2. The Kier molecular flexibility index (Phi) is 11.6. The highest BCUT2D eigenvalue weighted by atomic mass is 32.2. The summed E-state index contributed by atoms with van der Waals surface area (Å²) in [5.41, 5.74) is 6.94. The van der Waals surface area contributed by atoms with Crippen molar-refractivity contribution in [3.05, 3.63) is 161 Å². The van der Waals surface area contributed by atoms with Crippen molar-refractivity contribution in [2.45, 2.75) is 50.0 Å². The Morgan fingerprint density at radius 1 is 0.720 bits per heavy atom. The minimum atomic E-state index is -0.961. The maximum atomic E-state index is 12.6. The molecule has 0 unspecified atom stereocenters. The molecule has 0 radical (unpaired) electrons. The smallest absolute Gasteiger partial charge is 0.336 e. The minimum absolute atomic E-state index is 0.0393. The summed E-state index contributed by atoms with van der Waals surface area (Å²) in [5, 5.41) is 25.2. The predicted molar refractivity (Wildman–Crippen MR) is 194 cm³/mol. The third-order valence-electron chi connectivity index (χ3n) is 8.89. The molecule has 4 N–H and O–H groups in total. The quantitative estimate of drug-likeness (QED) is 0.0979. The van der Waals surface area contributed by atoms with Gasteiger partial charge in [-0.3, -0.25) is 0 Å². The Bertz CT molecular complexity index is 1880. The third kappa shape index (κ3) is 8.61. The zero-order chi connectivity index (χ0) is 34.9. The van der Waals surface area contributed by atoms with Gasteiger partial charge in [-0.2, -0.15) is 0 Å². The van der Waals surface area contributed by atoms with E-state index >= 15 is 0 Å². The van der Waals surface area contributed by atoms with Crippen molar-refractivity contribution in [2.75, 3.05) is 5.75 Å². The van der Waals surface area contributed by atoms with Crippen molar-refractivity contribution < 1.29 is 29.3 Å². The number of aliphatic hydroxyl groups excluding tert-OH is 1. The maximum Gasteiger partial charge on any atom is 0.336 e. The SMILES string of the molecule is C[C@@H]1[C@H](CSc2ccccc2C(=O)O)O[C@H](c2ccc(-c3ccccc3CNC(=O)NCc3ccccc3)cc2)O[C@@H]1c1ccc(CO)cc1. The van der Waals surface area contributed by atoms with Gasteiger partial charge in [0, 0.05) is 35.2 Å². The highest BCUT2D eigenvalue weighted by Gasteiger charge is 2.38. The molecule has 6 rings (SSSR count). The Hall–Kier alpha value is -4.93. The number of carbonyl (C=O) groups excluding carboxylic acids is 1. The lowest BCUT2D eigenvalue weighted by molar-refractivity contribution is -0.268. The summed E-state index contributed by atoms with van der Waals surface area (Å²) in [4.78, 5) is 25.1. The molecule has 5 aromatic carbocycles. The zero-order valence-corrected chi connectivity index (χ0v) is 28.5. The minimum Gasteiger partial charge on any atom is -0.478 e. The molecule has 256 valence electrons. The highest BCUT2D eigenvalue weighted by Crippen LogP contribution is 2.43. The van der Waals surface area contributed by atoms with Crippen LogP contribution in [-0.2, 0) is 29.2 Å². The van der Waals surface area contributed by atoms with Crippen molar-refractivity contribution in [2.24, 2.45) is 5.92 Å². The number of amides is 2. The van der Waals surface area contributed by atoms with Gasteiger partial charge in [-0.15, -0.1) is 11.8 Å². The van der Waals surface area contributed by atoms with Crippen LogP contribution in [0.2, 0.25) is 0 Å². The van der Waals surface area contributed by atoms with E-state index < -0.39 is 12.3 Å². The molecule has 1 fully saturated rings. The number of aliphatic hydroxyl groups is 1. The lowest BCUT2D eigenvalue weighted by Gasteiger charge is -2.41. The first-order valence-corrected chi connectivity index (χ1v) is 17.6. The Morgan fingerprint density at radius 3 is 2.12 bits per heavy atom. The molecule has 9 heteroatoms. The molecule has 5 aromatic rings. The molecule has 1 heterocycles. The molecule has 1 saturated heterocycles. The topological polar surface area (TPSA) is 117 Å². The van der Waals surface area contributed by atoms with E-state index in [1.54, 1.807) is 12.1 Å². The number of carboxylic acids is 1. The highest BCUT2D eigenvalue weighted by molar-refractivity contribution is 7.99. The molecular weight excluding hydrogens is 649 g/mol. The Balaban J connectivity index is 1.18. The summed E-state index contributed by atoms with van der Waals surface area (Å²) in [6.07, 6.45) is -1.20. The van der Waals surface area contributed by atoms with Gasteiger partial charge in [0.2, 0.25) is 0 Å². The fourth-order valence-electron chi connectivity index (χ4n) is 6.04. The molecule has 0 bridgehead atoms. The fourth-order valence-corrected chi connectivity index (χ4v) is 7.25. The number of hydrogen-bond donors (Lipinski definition) is 4. The van der Waals surface area contributed by atoms with Gasteiger partial charge >= 0.3 is 12.0 Å². The van der Waals surface area contributed by atoms with Crippen LogP contribution in [0, 0.1) is 5.92 Å². The summed E-state index contributed by atoms with van der Waals surface area (Å²) >= 11 is 1.47. The van der Waals surface area contributed by atoms with Gasteiger partial charge in [0.15, 0.2) is 6.29 Å². The lowest BCUT2D eigenvalue weighted by Crippen LogP contribution is -2.38. The maximum absolute atomic E-state index is 12.6. The van der Waals surface area contributed by atoms with Crippen LogP contribution in [0.15, 0.2) is 132 Å². The molecule has 2 amide bonds. The third-order valence-corrected chi connectivity index (χ3v) is 10.1. The van der Waals surface area contributed by atoms with Crippen LogP contribution in [0.4, 0.5) is 4.79 Å². The molecule has 8 nitrogen and oxygen atoms in total. The number of ether oxygens (including phenoxy) is 2. The molecule has 0 spiro atoms. The number of hydrogen-bond acceptors (Lipinski definition) is 6. The molecule has 0 saturated carbocycles. The molecule has 1 aliphatic heterocycles. The van der Waals surface area contributed by atoms with Gasteiger partial charge in [0.25, 0.3) is 0 Å². The van der Waals surface area contributed by atoms with E-state index in [0.717, 1.165) is 38.9 Å². The van der Waals surface area contributed by atoms with E-state index in [-0.39, 0.29) is 36.3 Å². The largest absolute Gasteiger partial charge is 0.478 e. The molecule has 1 aliphatic rings. The number of benzene rings is 5. The molecule has 0 aromatic heterocycles. The summed E-state index contributed by atoms with van der Waals surface area (Å²) in [6, 6.07) is 40.4. The van der Waals surface area contributed by atoms with E-state index in [1.807, 2.05) is 115 Å². The number of rotatable bonds is 12. The van der Waals surface area contributed by atoms with Crippen LogP contribution in [0.1, 0.15) is 57.5 Å². The van der Waals surface area contributed by atoms with Crippen molar-refractivity contribution in [1.82, 2.24) is 10.6 Å². The van der Waals surface area contributed by atoms with Crippen LogP contribution in [0.25, 0.3) is 11.1 Å². The average Bonchev–Trinajstić information content (AvgIpc) is 3.16. The molecule has 0 aliphatic carbocycles. The Labute approximate surface area is 296 Å². The number of carbonyl (C=O) groups is 2. The first-order chi connectivity index (χ1) is 24.4. The van der Waals surface area contributed by atoms with Crippen molar-refractivity contribution in [3.63, 3.8) is 0 Å². The zero-order valence-electron chi connectivity index (χ0n) is 27.7. The van der Waals surface area contributed by atoms with Crippen LogP contribution in [0.5, 0.6) is 0 Å². The number of urea groups is 1. The van der Waals surface area contributed by atoms with Crippen LogP contribution in [-0.4, -0.2) is 34.1 Å². The van der Waals surface area contributed by atoms with Crippen molar-refractivity contribution in [3.8, 4) is 11.1 Å². The van der Waals surface area contributed by atoms with E-state index in [0.29, 0.717) is 23.7 Å². The summed E-state index contributed by atoms with van der Waals surface area (Å²) in [5.74, 6) is -0.467. The summed E-state index contributed by atoms with van der Waals surface area (Å²) < 4.78 is 13.2. The van der Waals surface area contributed by atoms with Gasteiger partial charge < -0.3 is 30.3 Å². The van der Waals surface area contributed by atoms with E-state index in [4.69, 9.17) is 9.47 Å². The number of aromatic carboxylic acids is 1. The van der Waals surface area contributed by atoms with Crippen molar-refractivity contribution in [1.29, 1.82) is 0 Å². The molecule has 50 heavy (non-hydrogen) atoms. The average molecular weight is 689 g/mol. The Morgan fingerprint density at radius 2 is 1.38 bits per heavy atom. The summed E-state index contributed by atoms with van der Waals surface area (Å²) in [6.45, 7) is 2.86. The first kappa shape index (κ1) is 34.9. The fraction of sp³-hybridized carbons (Fsp3) is 0.220. The number of nitrogens with one attached hydrogen (secondary N) is 2. The van der Waals surface area contributed by atoms with Gasteiger partial charge in [0.05, 0.1) is 24.4 Å². The van der Waals surface area contributed by atoms with Gasteiger partial charge in [0.1, 0.15) is 0 Å². The van der Waals surface area contributed by atoms with Crippen molar-refractivity contribution >= 4 is 23.8 Å². The lowest BCUT2D eigenvalue weighted by atomic mass is 9.91. The normalized spacial score (nSPS) is 18.7. The van der Waals surface area contributed by atoms with Gasteiger partial charge in [-0.25, -0.2) is 9.59 Å². The van der Waals surface area contributed by atoms with Crippen LogP contribution >= 0.6 is 11.8 Å². The van der Waals surface area contributed by atoms with Crippen LogP contribution < -0.4 is 10.6 Å². The van der Waals surface area contributed by atoms with E-state index in [9.17, 15) is 19.8 Å². The predicted octanol–water partition coefficient (Wildman–Crippen LogP) is 8.13. The van der Waals surface area contributed by atoms with Gasteiger partial charge in [-0.05, 0) is 45.5 Å². The number of carboxylic acid groups (broad SMARTS) is 1. The second-order valence-corrected chi connectivity index (χ2v) is 13.3. The monoisotopic (exact) mass is 688 g/mol. The number of thioether (sulfide) groups is 1.